The van der Waals surface area contributed by atoms with Crippen molar-refractivity contribution in [1.29, 1.82) is 0 Å². The number of hydrogen-bond donors (Lipinski definition) is 1. The molecular formula is C17H16F2N4O2S. The molecule has 1 atom stereocenters. The molecule has 0 fully saturated rings. The number of nitrogens with one attached hydrogen (secondary N) is 1. The normalized spacial score (nSPS) is 12.2. The van der Waals surface area contributed by atoms with Crippen LogP contribution in [0.3, 0.4) is 0 Å². The SMILES string of the molecule is Cc1occc1-c1nnc(SC(C)C(=O)Nc2ccc(F)cc2F)n1C. The Morgan fingerprint density at radius 3 is 2.73 bits per heavy atom. The minimum absolute atomic E-state index is 0.0727. The third-order valence-electron chi connectivity index (χ3n) is 3.78. The number of furan rings is 1. The molecule has 9 heteroatoms. The number of anilines is 1. The van der Waals surface area contributed by atoms with Crippen molar-refractivity contribution in [2.24, 2.45) is 7.05 Å². The summed E-state index contributed by atoms with van der Waals surface area (Å²) in [6.45, 7) is 3.49. The van der Waals surface area contributed by atoms with E-state index in [9.17, 15) is 13.6 Å². The Labute approximate surface area is 152 Å². The number of halogens is 2. The average Bonchev–Trinajstić information content (AvgIpc) is 3.16. The molecule has 2 aromatic heterocycles. The third-order valence-corrected chi connectivity index (χ3v) is 4.91. The van der Waals surface area contributed by atoms with E-state index in [1.165, 1.54) is 17.8 Å². The Morgan fingerprint density at radius 1 is 1.31 bits per heavy atom. The summed E-state index contributed by atoms with van der Waals surface area (Å²) in [7, 11) is 1.79. The molecule has 1 aromatic carbocycles. The Bertz CT molecular complexity index is 954. The van der Waals surface area contributed by atoms with Crippen LogP contribution in [0.2, 0.25) is 0 Å². The van der Waals surface area contributed by atoms with E-state index in [-0.39, 0.29) is 5.69 Å². The van der Waals surface area contributed by atoms with E-state index in [0.29, 0.717) is 11.0 Å². The first-order valence-electron chi connectivity index (χ1n) is 7.73. The molecule has 1 amide bonds. The maximum Gasteiger partial charge on any atom is 0.237 e. The predicted molar refractivity (Wildman–Crippen MR) is 93.7 cm³/mol. The highest BCUT2D eigenvalue weighted by Gasteiger charge is 2.21. The fraction of sp³-hybridized carbons (Fsp3) is 0.235. The fourth-order valence-electron chi connectivity index (χ4n) is 2.31. The molecule has 0 aliphatic carbocycles. The summed E-state index contributed by atoms with van der Waals surface area (Å²) >= 11 is 1.18. The summed E-state index contributed by atoms with van der Waals surface area (Å²) in [6.07, 6.45) is 1.57. The topological polar surface area (TPSA) is 72.9 Å². The molecule has 136 valence electrons. The maximum atomic E-state index is 13.7. The maximum absolute atomic E-state index is 13.7. The number of rotatable bonds is 5. The van der Waals surface area contributed by atoms with E-state index in [2.05, 4.69) is 15.5 Å². The molecule has 2 heterocycles. The first-order valence-corrected chi connectivity index (χ1v) is 8.61. The van der Waals surface area contributed by atoms with Crippen molar-refractivity contribution < 1.29 is 18.0 Å². The lowest BCUT2D eigenvalue weighted by Crippen LogP contribution is -2.23. The van der Waals surface area contributed by atoms with Gasteiger partial charge in [0.05, 0.1) is 22.8 Å². The Morgan fingerprint density at radius 2 is 2.08 bits per heavy atom. The molecule has 0 spiro atoms. The van der Waals surface area contributed by atoms with Crippen molar-refractivity contribution >= 4 is 23.4 Å². The van der Waals surface area contributed by atoms with Gasteiger partial charge in [-0.2, -0.15) is 0 Å². The Balaban J connectivity index is 1.72. The van der Waals surface area contributed by atoms with E-state index < -0.39 is 22.8 Å². The second-order valence-electron chi connectivity index (χ2n) is 5.63. The summed E-state index contributed by atoms with van der Waals surface area (Å²) in [6, 6.07) is 4.78. The van der Waals surface area contributed by atoms with Gasteiger partial charge in [0.25, 0.3) is 0 Å². The lowest BCUT2D eigenvalue weighted by Gasteiger charge is -2.12. The molecule has 1 unspecified atom stereocenters. The van der Waals surface area contributed by atoms with Gasteiger partial charge in [-0.05, 0) is 32.0 Å². The van der Waals surface area contributed by atoms with Crippen LogP contribution in [-0.2, 0) is 11.8 Å². The van der Waals surface area contributed by atoms with Crippen LogP contribution in [-0.4, -0.2) is 25.9 Å². The van der Waals surface area contributed by atoms with Crippen molar-refractivity contribution in [2.75, 3.05) is 5.32 Å². The zero-order chi connectivity index (χ0) is 18.8. The van der Waals surface area contributed by atoms with Crippen LogP contribution in [0.5, 0.6) is 0 Å². The number of carbonyl (C=O) groups excluding carboxylic acids is 1. The van der Waals surface area contributed by atoms with E-state index in [0.717, 1.165) is 23.5 Å². The zero-order valence-electron chi connectivity index (χ0n) is 14.3. The van der Waals surface area contributed by atoms with Gasteiger partial charge in [-0.1, -0.05) is 11.8 Å². The summed E-state index contributed by atoms with van der Waals surface area (Å²) in [4.78, 5) is 12.3. The predicted octanol–water partition coefficient (Wildman–Crippen LogP) is 3.78. The summed E-state index contributed by atoms with van der Waals surface area (Å²) in [5, 5.41) is 10.6. The van der Waals surface area contributed by atoms with Gasteiger partial charge in [0, 0.05) is 13.1 Å². The first kappa shape index (κ1) is 18.1. The van der Waals surface area contributed by atoms with Crippen LogP contribution >= 0.6 is 11.8 Å². The fourth-order valence-corrected chi connectivity index (χ4v) is 3.12. The summed E-state index contributed by atoms with van der Waals surface area (Å²) in [5.74, 6) is -0.619. The van der Waals surface area contributed by atoms with Gasteiger partial charge in [0.2, 0.25) is 5.91 Å². The molecule has 0 saturated carbocycles. The standard InChI is InChI=1S/C17H16F2N4O2S/c1-9-12(6-7-25-9)15-21-22-17(23(15)3)26-10(2)16(24)20-14-5-4-11(18)8-13(14)19/h4-8,10H,1-3H3,(H,20,24). The number of nitrogens with zero attached hydrogens (tertiary/aromatic N) is 3. The van der Waals surface area contributed by atoms with Gasteiger partial charge in [-0.15, -0.1) is 10.2 Å². The molecule has 0 bridgehead atoms. The van der Waals surface area contributed by atoms with Crippen LogP contribution < -0.4 is 5.32 Å². The molecule has 0 saturated heterocycles. The quantitative estimate of drug-likeness (QED) is 0.684. The van der Waals surface area contributed by atoms with Crippen molar-refractivity contribution in [3.63, 3.8) is 0 Å². The number of aromatic nitrogens is 3. The van der Waals surface area contributed by atoms with Gasteiger partial charge < -0.3 is 14.3 Å². The highest BCUT2D eigenvalue weighted by atomic mass is 32.2. The molecule has 1 N–H and O–H groups in total. The molecule has 0 aliphatic rings. The van der Waals surface area contributed by atoms with Crippen molar-refractivity contribution in [3.8, 4) is 11.4 Å². The second-order valence-corrected chi connectivity index (χ2v) is 6.94. The Kier molecular flexibility index (Phi) is 5.08. The van der Waals surface area contributed by atoms with E-state index in [1.54, 1.807) is 30.9 Å². The molecule has 0 radical (unpaired) electrons. The average molecular weight is 378 g/mol. The highest BCUT2D eigenvalue weighted by molar-refractivity contribution is 8.00. The van der Waals surface area contributed by atoms with E-state index in [1.807, 2.05) is 6.92 Å². The smallest absolute Gasteiger partial charge is 0.237 e. The first-order chi connectivity index (χ1) is 12.4. The van der Waals surface area contributed by atoms with Gasteiger partial charge in [-0.25, -0.2) is 8.78 Å². The highest BCUT2D eigenvalue weighted by Crippen LogP contribution is 2.28. The van der Waals surface area contributed by atoms with Crippen molar-refractivity contribution in [3.05, 3.63) is 47.9 Å². The number of benzene rings is 1. The lowest BCUT2D eigenvalue weighted by atomic mass is 10.2. The van der Waals surface area contributed by atoms with Gasteiger partial charge >= 0.3 is 0 Å². The second kappa shape index (κ2) is 7.28. The van der Waals surface area contributed by atoms with Gasteiger partial charge in [0.15, 0.2) is 11.0 Å². The monoisotopic (exact) mass is 378 g/mol. The number of hydrogen-bond acceptors (Lipinski definition) is 5. The molecule has 3 aromatic rings. The van der Waals surface area contributed by atoms with Crippen LogP contribution in [0.15, 0.2) is 40.1 Å². The minimum atomic E-state index is -0.827. The minimum Gasteiger partial charge on any atom is -0.469 e. The van der Waals surface area contributed by atoms with Crippen LogP contribution in [0.4, 0.5) is 14.5 Å². The number of amides is 1. The molecular weight excluding hydrogens is 362 g/mol. The number of carbonyl (C=O) groups is 1. The van der Waals surface area contributed by atoms with E-state index in [4.69, 9.17) is 4.42 Å². The lowest BCUT2D eigenvalue weighted by molar-refractivity contribution is -0.115. The van der Waals surface area contributed by atoms with Crippen LogP contribution in [0.1, 0.15) is 12.7 Å². The molecule has 6 nitrogen and oxygen atoms in total. The van der Waals surface area contributed by atoms with E-state index >= 15 is 0 Å². The summed E-state index contributed by atoms with van der Waals surface area (Å²) < 4.78 is 33.6. The van der Waals surface area contributed by atoms with Crippen molar-refractivity contribution in [2.45, 2.75) is 24.3 Å². The van der Waals surface area contributed by atoms with Gasteiger partial charge in [-0.3, -0.25) is 4.79 Å². The van der Waals surface area contributed by atoms with Crippen molar-refractivity contribution in [1.82, 2.24) is 14.8 Å². The molecule has 26 heavy (non-hydrogen) atoms. The third kappa shape index (κ3) is 3.62. The summed E-state index contributed by atoms with van der Waals surface area (Å²) in [5.41, 5.74) is 0.744. The molecule has 0 aliphatic heterocycles. The number of thioether (sulfide) groups is 1. The Hall–Kier alpha value is -2.68. The van der Waals surface area contributed by atoms with Crippen LogP contribution in [0.25, 0.3) is 11.4 Å². The largest absolute Gasteiger partial charge is 0.469 e. The molecule has 3 rings (SSSR count). The van der Waals surface area contributed by atoms with Gasteiger partial charge in [0.1, 0.15) is 17.4 Å². The zero-order valence-corrected chi connectivity index (χ0v) is 15.1. The van der Waals surface area contributed by atoms with Crippen LogP contribution in [0, 0.1) is 18.6 Å². The number of aryl methyl sites for hydroxylation is 1.